The van der Waals surface area contributed by atoms with Crippen molar-refractivity contribution in [1.82, 2.24) is 20.4 Å². The number of hydrogen-bond acceptors (Lipinski definition) is 5. The van der Waals surface area contributed by atoms with E-state index in [1.165, 1.54) is 11.3 Å². The Labute approximate surface area is 191 Å². The Morgan fingerprint density at radius 3 is 2.88 bits per heavy atom. The van der Waals surface area contributed by atoms with Gasteiger partial charge in [-0.15, -0.1) is 0 Å². The number of nitrogens with zero attached hydrogens (tertiary/aromatic N) is 2. The van der Waals surface area contributed by atoms with Gasteiger partial charge in [0.25, 0.3) is 0 Å². The first kappa shape index (κ1) is 22.3. The van der Waals surface area contributed by atoms with Gasteiger partial charge in [-0.3, -0.25) is 10.00 Å². The topological polar surface area (TPSA) is 79.5 Å². The Hall–Kier alpha value is -2.52. The lowest BCUT2D eigenvalue weighted by molar-refractivity contribution is -0.0580. The average Bonchev–Trinajstić information content (AvgIpc) is 3.41. The molecule has 0 spiro atoms. The monoisotopic (exact) mass is 460 g/mol. The molecule has 9 heteroatoms. The second-order valence-corrected chi connectivity index (χ2v) is 10.4. The lowest BCUT2D eigenvalue weighted by Gasteiger charge is -2.40. The molecule has 178 valence electrons. The Kier molecular flexibility index (Phi) is 5.64. The first-order chi connectivity index (χ1) is 15.7. The van der Waals surface area contributed by atoms with Gasteiger partial charge >= 0.3 is 6.09 Å². The van der Waals surface area contributed by atoms with E-state index in [4.69, 9.17) is 9.47 Å². The highest BCUT2D eigenvalue weighted by Crippen LogP contribution is 2.44. The molecule has 2 saturated heterocycles. The lowest BCUT2D eigenvalue weighted by atomic mass is 9.92. The Morgan fingerprint density at radius 1 is 1.27 bits per heavy atom. The molecule has 1 aliphatic carbocycles. The molecule has 0 radical (unpaired) electrons. The predicted octanol–water partition coefficient (Wildman–Crippen LogP) is 3.68. The van der Waals surface area contributed by atoms with Crippen LogP contribution in [0.5, 0.6) is 0 Å². The summed E-state index contributed by atoms with van der Waals surface area (Å²) in [7, 11) is 0. The van der Waals surface area contributed by atoms with Gasteiger partial charge in [-0.2, -0.15) is 5.10 Å². The number of aromatic amines is 1. The molecule has 3 heterocycles. The van der Waals surface area contributed by atoms with Crippen LogP contribution in [-0.2, 0) is 15.9 Å². The summed E-state index contributed by atoms with van der Waals surface area (Å²) in [5, 5.41) is 10.1. The van der Waals surface area contributed by atoms with E-state index in [-0.39, 0.29) is 11.6 Å². The van der Waals surface area contributed by atoms with E-state index in [2.05, 4.69) is 20.4 Å². The minimum atomic E-state index is -0.799. The third-order valence-electron chi connectivity index (χ3n) is 6.93. The third-order valence-corrected chi connectivity index (χ3v) is 6.93. The van der Waals surface area contributed by atoms with Crippen LogP contribution in [0.2, 0.25) is 0 Å². The molecule has 2 aromatic rings. The largest absolute Gasteiger partial charge is 0.444 e. The quantitative estimate of drug-likeness (QED) is 0.731. The molecular formula is C24H30F2N4O3. The number of fused-ring (bicyclic) bond motifs is 3. The van der Waals surface area contributed by atoms with Crippen molar-refractivity contribution in [3.05, 3.63) is 52.9 Å². The van der Waals surface area contributed by atoms with Gasteiger partial charge in [0.05, 0.1) is 18.8 Å². The van der Waals surface area contributed by atoms with Gasteiger partial charge in [0.2, 0.25) is 0 Å². The van der Waals surface area contributed by atoms with Crippen LogP contribution in [0.25, 0.3) is 0 Å². The molecule has 3 aliphatic rings. The van der Waals surface area contributed by atoms with Crippen molar-refractivity contribution in [1.29, 1.82) is 0 Å². The number of halogens is 2. The summed E-state index contributed by atoms with van der Waals surface area (Å²) in [6.45, 7) is 7.55. The first-order valence-corrected chi connectivity index (χ1v) is 11.5. The zero-order valence-corrected chi connectivity index (χ0v) is 19.1. The molecule has 33 heavy (non-hydrogen) atoms. The number of ether oxygens (including phenoxy) is 2. The van der Waals surface area contributed by atoms with E-state index >= 15 is 0 Å². The van der Waals surface area contributed by atoms with Gasteiger partial charge in [0, 0.05) is 36.3 Å². The van der Waals surface area contributed by atoms with Crippen LogP contribution in [0.4, 0.5) is 13.6 Å². The minimum absolute atomic E-state index is 0.0544. The summed E-state index contributed by atoms with van der Waals surface area (Å²) in [6.07, 6.45) is 2.07. The standard InChI is InChI=1S/C24H30F2N4O3/c1-24(2,3)33-23(31)28-21-8-15(12-32-22(21)16-7-14(25)4-5-19(16)26)30-10-13-6-20-17(9-27-29-20)18(13)11-30/h4-5,7,9,13,15,18,21-22H,6,8,10-12H2,1-3H3,(H,27,29)(H,28,31)/t13?,15-,18?,21+,22-/m1/s1. The molecular weight excluding hydrogens is 430 g/mol. The summed E-state index contributed by atoms with van der Waals surface area (Å²) < 4.78 is 40.0. The van der Waals surface area contributed by atoms with E-state index in [1.54, 1.807) is 20.8 Å². The van der Waals surface area contributed by atoms with Crippen molar-refractivity contribution >= 4 is 6.09 Å². The van der Waals surface area contributed by atoms with Crippen molar-refractivity contribution in [2.24, 2.45) is 5.92 Å². The average molecular weight is 461 g/mol. The summed E-state index contributed by atoms with van der Waals surface area (Å²) >= 11 is 0. The van der Waals surface area contributed by atoms with Crippen LogP contribution in [0.1, 0.15) is 56.0 Å². The van der Waals surface area contributed by atoms with Crippen LogP contribution >= 0.6 is 0 Å². The highest BCUT2D eigenvalue weighted by atomic mass is 19.1. The fourth-order valence-corrected chi connectivity index (χ4v) is 5.53. The first-order valence-electron chi connectivity index (χ1n) is 11.5. The number of carbonyl (C=O) groups excluding carboxylic acids is 1. The van der Waals surface area contributed by atoms with Gasteiger partial charge in [0.15, 0.2) is 0 Å². The summed E-state index contributed by atoms with van der Waals surface area (Å²) in [5.41, 5.74) is 1.96. The van der Waals surface area contributed by atoms with Crippen LogP contribution < -0.4 is 5.32 Å². The second kappa shape index (κ2) is 8.36. The zero-order valence-electron chi connectivity index (χ0n) is 19.1. The number of benzene rings is 1. The van der Waals surface area contributed by atoms with Gasteiger partial charge in [-0.1, -0.05) is 0 Å². The Bertz CT molecular complexity index is 1040. The van der Waals surface area contributed by atoms with E-state index in [0.717, 1.165) is 37.7 Å². The van der Waals surface area contributed by atoms with E-state index < -0.39 is 35.5 Å². The molecule has 1 aromatic heterocycles. The van der Waals surface area contributed by atoms with Crippen LogP contribution in [0, 0.1) is 17.6 Å². The maximum Gasteiger partial charge on any atom is 0.407 e. The molecule has 0 bridgehead atoms. The third kappa shape index (κ3) is 4.48. The zero-order chi connectivity index (χ0) is 23.3. The van der Waals surface area contributed by atoms with Crippen molar-refractivity contribution < 1.29 is 23.0 Å². The molecule has 2 aliphatic heterocycles. The molecule has 1 amide bonds. The molecule has 2 fully saturated rings. The lowest BCUT2D eigenvalue weighted by Crippen LogP contribution is -2.52. The molecule has 5 atom stereocenters. The highest BCUT2D eigenvalue weighted by Gasteiger charge is 2.45. The van der Waals surface area contributed by atoms with Crippen LogP contribution in [-0.4, -0.2) is 58.6 Å². The smallest absolute Gasteiger partial charge is 0.407 e. The van der Waals surface area contributed by atoms with Gasteiger partial charge in [-0.05, 0) is 63.3 Å². The Balaban J connectivity index is 1.34. The predicted molar refractivity (Wildman–Crippen MR) is 117 cm³/mol. The normalized spacial score (nSPS) is 29.5. The van der Waals surface area contributed by atoms with Crippen LogP contribution in [0.3, 0.4) is 0 Å². The fraction of sp³-hybridized carbons (Fsp3) is 0.583. The molecule has 2 unspecified atom stereocenters. The number of hydrogen-bond donors (Lipinski definition) is 2. The maximum absolute atomic E-state index is 14.6. The minimum Gasteiger partial charge on any atom is -0.444 e. The molecule has 2 N–H and O–H groups in total. The number of nitrogens with one attached hydrogen (secondary N) is 2. The number of amides is 1. The summed E-state index contributed by atoms with van der Waals surface area (Å²) in [6, 6.07) is 2.81. The molecule has 0 saturated carbocycles. The number of carbonyl (C=O) groups is 1. The molecule has 7 nitrogen and oxygen atoms in total. The van der Waals surface area contributed by atoms with Gasteiger partial charge in [0.1, 0.15) is 23.3 Å². The highest BCUT2D eigenvalue weighted by molar-refractivity contribution is 5.68. The van der Waals surface area contributed by atoms with E-state index in [1.807, 2.05) is 6.20 Å². The maximum atomic E-state index is 14.6. The fourth-order valence-electron chi connectivity index (χ4n) is 5.53. The van der Waals surface area contributed by atoms with Gasteiger partial charge in [-0.25, -0.2) is 13.6 Å². The van der Waals surface area contributed by atoms with Crippen molar-refractivity contribution in [2.45, 2.75) is 63.3 Å². The molecule has 5 rings (SSSR count). The van der Waals surface area contributed by atoms with Crippen molar-refractivity contribution in [3.63, 3.8) is 0 Å². The number of aromatic nitrogens is 2. The van der Waals surface area contributed by atoms with Crippen molar-refractivity contribution in [2.75, 3.05) is 19.7 Å². The SMILES string of the molecule is CC(C)(C)OC(=O)N[C@H]1C[C@@H](N2CC3Cc4[nH]ncc4C3C2)CO[C@@H]1c1cc(F)ccc1F. The molecule has 1 aromatic carbocycles. The number of alkyl carbamates (subject to hydrolysis) is 1. The number of H-pyrrole nitrogens is 1. The van der Waals surface area contributed by atoms with Crippen LogP contribution in [0.15, 0.2) is 24.4 Å². The number of rotatable bonds is 3. The summed E-state index contributed by atoms with van der Waals surface area (Å²) in [4.78, 5) is 15.0. The van der Waals surface area contributed by atoms with E-state index in [9.17, 15) is 13.6 Å². The van der Waals surface area contributed by atoms with Crippen molar-refractivity contribution in [3.8, 4) is 0 Å². The van der Waals surface area contributed by atoms with E-state index in [0.29, 0.717) is 24.9 Å². The van der Waals surface area contributed by atoms with Gasteiger partial charge < -0.3 is 14.8 Å². The summed E-state index contributed by atoms with van der Waals surface area (Å²) in [5.74, 6) is -0.130. The Morgan fingerprint density at radius 2 is 2.09 bits per heavy atom. The second-order valence-electron chi connectivity index (χ2n) is 10.4. The number of likely N-dealkylation sites (tertiary alicyclic amines) is 1.